The first-order valence-corrected chi connectivity index (χ1v) is 6.98. The number of β-amino-alcohol motifs (C(OH)–C–C–N with tert-alkyl or cyclic N) is 1. The maximum absolute atomic E-state index is 12.2. The largest absolute Gasteiger partial charge is 0.445 e. The number of carbonyl (C=O) groups excluding carboxylic acids is 2. The molecule has 114 valence electrons. The molecule has 0 unspecified atom stereocenters. The van der Waals surface area contributed by atoms with E-state index in [4.69, 9.17) is 4.74 Å². The molecule has 2 amide bonds. The molecule has 0 aliphatic carbocycles. The van der Waals surface area contributed by atoms with Crippen LogP contribution in [-0.4, -0.2) is 47.7 Å². The fourth-order valence-corrected chi connectivity index (χ4v) is 2.39. The Labute approximate surface area is 123 Å². The van der Waals surface area contributed by atoms with E-state index in [-0.39, 0.29) is 19.1 Å². The Bertz CT molecular complexity index is 492. The topological polar surface area (TPSA) is 78.9 Å². The molecule has 2 atom stereocenters. The summed E-state index contributed by atoms with van der Waals surface area (Å²) in [6.45, 7) is 0.262. The van der Waals surface area contributed by atoms with Crippen LogP contribution in [0.15, 0.2) is 30.3 Å². The molecule has 0 aromatic heterocycles. The third kappa shape index (κ3) is 3.95. The predicted octanol–water partition coefficient (Wildman–Crippen LogP) is 0.894. The molecule has 0 saturated carbocycles. The Morgan fingerprint density at radius 2 is 2.05 bits per heavy atom. The molecule has 21 heavy (non-hydrogen) atoms. The van der Waals surface area contributed by atoms with Gasteiger partial charge in [-0.3, -0.25) is 9.69 Å². The summed E-state index contributed by atoms with van der Waals surface area (Å²) in [4.78, 5) is 25.3. The SMILES string of the molecule is CNC(=O)[C@@H]1CC[C@H](O)CN1C(=O)OCc1ccccc1. The number of carbonyl (C=O) groups is 2. The number of hydrogen-bond acceptors (Lipinski definition) is 4. The molecule has 0 radical (unpaired) electrons. The molecule has 0 bridgehead atoms. The van der Waals surface area contributed by atoms with Gasteiger partial charge < -0.3 is 15.2 Å². The highest BCUT2D eigenvalue weighted by atomic mass is 16.6. The Kier molecular flexibility index (Phi) is 5.16. The van der Waals surface area contributed by atoms with E-state index in [9.17, 15) is 14.7 Å². The van der Waals surface area contributed by atoms with Gasteiger partial charge in [0.2, 0.25) is 5.91 Å². The lowest BCUT2D eigenvalue weighted by Crippen LogP contribution is -2.54. The van der Waals surface area contributed by atoms with Crippen molar-refractivity contribution >= 4 is 12.0 Å². The Morgan fingerprint density at radius 3 is 2.71 bits per heavy atom. The van der Waals surface area contributed by atoms with E-state index in [0.29, 0.717) is 12.8 Å². The van der Waals surface area contributed by atoms with Crippen LogP contribution in [0.25, 0.3) is 0 Å². The highest BCUT2D eigenvalue weighted by Crippen LogP contribution is 2.19. The average molecular weight is 292 g/mol. The van der Waals surface area contributed by atoms with E-state index < -0.39 is 18.2 Å². The minimum absolute atomic E-state index is 0.117. The minimum Gasteiger partial charge on any atom is -0.445 e. The van der Waals surface area contributed by atoms with E-state index in [0.717, 1.165) is 5.56 Å². The molecule has 1 aromatic carbocycles. The second kappa shape index (κ2) is 7.08. The first-order chi connectivity index (χ1) is 10.1. The van der Waals surface area contributed by atoms with Crippen LogP contribution >= 0.6 is 0 Å². The standard InChI is InChI=1S/C15H20N2O4/c1-16-14(19)13-8-7-12(18)9-17(13)15(20)21-10-11-5-3-2-4-6-11/h2-6,12-13,18H,7-10H2,1H3,(H,16,19)/t12-,13-/m0/s1. The smallest absolute Gasteiger partial charge is 0.410 e. The first kappa shape index (κ1) is 15.3. The van der Waals surface area contributed by atoms with Gasteiger partial charge in [0, 0.05) is 7.05 Å². The average Bonchev–Trinajstić information content (AvgIpc) is 2.52. The predicted molar refractivity (Wildman–Crippen MR) is 76.4 cm³/mol. The maximum Gasteiger partial charge on any atom is 0.410 e. The van der Waals surface area contributed by atoms with Gasteiger partial charge in [0.1, 0.15) is 12.6 Å². The van der Waals surface area contributed by atoms with Crippen LogP contribution in [0.3, 0.4) is 0 Å². The number of benzene rings is 1. The van der Waals surface area contributed by atoms with Crippen LogP contribution in [0.2, 0.25) is 0 Å². The number of rotatable bonds is 3. The molecule has 1 aromatic rings. The number of aliphatic hydroxyl groups excluding tert-OH is 1. The van der Waals surface area contributed by atoms with Crippen LogP contribution in [0.1, 0.15) is 18.4 Å². The van der Waals surface area contributed by atoms with Crippen molar-refractivity contribution in [3.63, 3.8) is 0 Å². The number of piperidine rings is 1. The molecule has 1 heterocycles. The normalized spacial score (nSPS) is 21.7. The lowest BCUT2D eigenvalue weighted by molar-refractivity contribution is -0.127. The van der Waals surface area contributed by atoms with Crippen LogP contribution in [0.5, 0.6) is 0 Å². The molecule has 1 aliphatic rings. The maximum atomic E-state index is 12.2. The number of likely N-dealkylation sites (N-methyl/N-ethyl adjacent to an activating group) is 1. The summed E-state index contributed by atoms with van der Waals surface area (Å²) in [5.74, 6) is -0.237. The number of ether oxygens (including phenoxy) is 1. The Balaban J connectivity index is 1.98. The minimum atomic E-state index is -0.616. The molecule has 1 fully saturated rings. The van der Waals surface area contributed by atoms with E-state index in [1.807, 2.05) is 30.3 Å². The number of likely N-dealkylation sites (tertiary alicyclic amines) is 1. The first-order valence-electron chi connectivity index (χ1n) is 6.98. The van der Waals surface area contributed by atoms with Crippen molar-refractivity contribution in [2.24, 2.45) is 0 Å². The second-order valence-corrected chi connectivity index (χ2v) is 5.05. The van der Waals surface area contributed by atoms with Gasteiger partial charge >= 0.3 is 6.09 Å². The van der Waals surface area contributed by atoms with Gasteiger partial charge in [-0.25, -0.2) is 4.79 Å². The number of nitrogens with one attached hydrogen (secondary N) is 1. The summed E-state index contributed by atoms with van der Waals surface area (Å²) < 4.78 is 5.24. The van der Waals surface area contributed by atoms with Crippen molar-refractivity contribution in [2.45, 2.75) is 31.6 Å². The van der Waals surface area contributed by atoms with Gasteiger partial charge in [-0.1, -0.05) is 30.3 Å². The second-order valence-electron chi connectivity index (χ2n) is 5.05. The van der Waals surface area contributed by atoms with Gasteiger partial charge in [0.25, 0.3) is 0 Å². The number of hydrogen-bond donors (Lipinski definition) is 2. The molecule has 1 aliphatic heterocycles. The van der Waals surface area contributed by atoms with Gasteiger partial charge in [0.05, 0.1) is 12.6 Å². The summed E-state index contributed by atoms with van der Waals surface area (Å²) >= 11 is 0. The summed E-state index contributed by atoms with van der Waals surface area (Å²) in [6, 6.07) is 8.74. The monoisotopic (exact) mass is 292 g/mol. The zero-order valence-corrected chi connectivity index (χ0v) is 12.0. The van der Waals surface area contributed by atoms with Crippen LogP contribution < -0.4 is 5.32 Å². The van der Waals surface area contributed by atoms with Gasteiger partial charge in [0.15, 0.2) is 0 Å². The summed E-state index contributed by atoms with van der Waals surface area (Å²) in [6.07, 6.45) is -0.261. The highest BCUT2D eigenvalue weighted by molar-refractivity contribution is 5.85. The highest BCUT2D eigenvalue weighted by Gasteiger charge is 2.35. The van der Waals surface area contributed by atoms with Crippen molar-refractivity contribution in [3.8, 4) is 0 Å². The molecule has 2 rings (SSSR count). The zero-order chi connectivity index (χ0) is 15.2. The van der Waals surface area contributed by atoms with Crippen LogP contribution in [0.4, 0.5) is 4.79 Å². The Morgan fingerprint density at radius 1 is 1.33 bits per heavy atom. The zero-order valence-electron chi connectivity index (χ0n) is 12.0. The third-order valence-corrected chi connectivity index (χ3v) is 3.55. The number of aliphatic hydroxyl groups is 1. The van der Waals surface area contributed by atoms with E-state index in [1.54, 1.807) is 0 Å². The third-order valence-electron chi connectivity index (χ3n) is 3.55. The van der Waals surface area contributed by atoms with E-state index >= 15 is 0 Å². The van der Waals surface area contributed by atoms with Crippen molar-refractivity contribution < 1.29 is 19.4 Å². The fourth-order valence-electron chi connectivity index (χ4n) is 2.39. The van der Waals surface area contributed by atoms with Crippen molar-refractivity contribution in [2.75, 3.05) is 13.6 Å². The summed E-state index contributed by atoms with van der Waals surface area (Å²) in [5, 5.41) is 12.2. The lowest BCUT2D eigenvalue weighted by Gasteiger charge is -2.35. The van der Waals surface area contributed by atoms with Crippen molar-refractivity contribution in [3.05, 3.63) is 35.9 Å². The van der Waals surface area contributed by atoms with Crippen molar-refractivity contribution in [1.29, 1.82) is 0 Å². The van der Waals surface area contributed by atoms with E-state index in [1.165, 1.54) is 11.9 Å². The quantitative estimate of drug-likeness (QED) is 0.867. The number of amides is 2. The molecule has 1 saturated heterocycles. The van der Waals surface area contributed by atoms with Crippen LogP contribution in [-0.2, 0) is 16.1 Å². The summed E-state index contributed by atoms with van der Waals surface area (Å²) in [7, 11) is 1.53. The van der Waals surface area contributed by atoms with Crippen LogP contribution in [0, 0.1) is 0 Å². The van der Waals surface area contributed by atoms with E-state index in [2.05, 4.69) is 5.32 Å². The lowest BCUT2D eigenvalue weighted by atomic mass is 10.00. The molecule has 0 spiro atoms. The molecule has 6 heteroatoms. The van der Waals surface area contributed by atoms with Crippen molar-refractivity contribution in [1.82, 2.24) is 10.2 Å². The molecular weight excluding hydrogens is 272 g/mol. The van der Waals surface area contributed by atoms with Gasteiger partial charge in [-0.2, -0.15) is 0 Å². The van der Waals surface area contributed by atoms with Gasteiger partial charge in [-0.15, -0.1) is 0 Å². The summed E-state index contributed by atoms with van der Waals surface area (Å²) in [5.41, 5.74) is 0.875. The Hall–Kier alpha value is -2.08. The van der Waals surface area contributed by atoms with Gasteiger partial charge in [-0.05, 0) is 18.4 Å². The molecule has 6 nitrogen and oxygen atoms in total. The molecule has 2 N–H and O–H groups in total. The molecular formula is C15H20N2O4. The fraction of sp³-hybridized carbons (Fsp3) is 0.467. The number of nitrogens with zero attached hydrogens (tertiary/aromatic N) is 1.